The van der Waals surface area contributed by atoms with Gasteiger partial charge in [0.1, 0.15) is 5.69 Å². The van der Waals surface area contributed by atoms with E-state index in [4.69, 9.17) is 10.5 Å². The number of amides is 2. The minimum Gasteiger partial charge on any atom is -0.477 e. The van der Waals surface area contributed by atoms with Crippen molar-refractivity contribution >= 4 is 28.7 Å². The third-order valence-electron chi connectivity index (χ3n) is 7.47. The maximum Gasteiger partial charge on any atom is 0.352 e. The van der Waals surface area contributed by atoms with Gasteiger partial charge in [0.05, 0.1) is 24.5 Å². The molecule has 2 heterocycles. The Balaban J connectivity index is 1.65. The average molecular weight is 471 g/mol. The van der Waals surface area contributed by atoms with Gasteiger partial charge in [-0.25, -0.2) is 4.79 Å². The van der Waals surface area contributed by atoms with E-state index in [-0.39, 0.29) is 11.6 Å². The highest BCUT2D eigenvalue weighted by atomic mass is 16.5. The Morgan fingerprint density at radius 1 is 1.21 bits per heavy atom. The minimum atomic E-state index is -1.37. The molecule has 1 aliphatic carbocycles. The van der Waals surface area contributed by atoms with Crippen LogP contribution in [0.4, 0.5) is 0 Å². The van der Waals surface area contributed by atoms with Gasteiger partial charge in [-0.3, -0.25) is 14.5 Å². The van der Waals surface area contributed by atoms with Crippen molar-refractivity contribution in [1.29, 1.82) is 0 Å². The summed E-state index contributed by atoms with van der Waals surface area (Å²) >= 11 is 0. The molecule has 2 aromatic rings. The van der Waals surface area contributed by atoms with E-state index in [1.807, 2.05) is 24.3 Å². The number of ether oxygens (including phenoxy) is 1. The summed E-state index contributed by atoms with van der Waals surface area (Å²) in [5.41, 5.74) is 5.76. The van der Waals surface area contributed by atoms with E-state index in [9.17, 15) is 19.5 Å². The van der Waals surface area contributed by atoms with Crippen LogP contribution in [0.25, 0.3) is 10.9 Å². The summed E-state index contributed by atoms with van der Waals surface area (Å²) in [6.45, 7) is 4.59. The Morgan fingerprint density at radius 2 is 1.94 bits per heavy atom. The smallest absolute Gasteiger partial charge is 0.352 e. The molecule has 2 amide bonds. The van der Waals surface area contributed by atoms with Crippen molar-refractivity contribution in [2.75, 3.05) is 39.4 Å². The molecule has 0 bridgehead atoms. The SMILES string of the molecule is Cn1c(C(=O)O)c([C@]2(C(N)=O)CCCC[C@H]2C(=O)NCCCN2CCOCC2)c2ccccc21. The fourth-order valence-electron chi connectivity index (χ4n) is 5.80. The van der Waals surface area contributed by atoms with Gasteiger partial charge in [0.25, 0.3) is 0 Å². The fourth-order valence-corrected chi connectivity index (χ4v) is 5.80. The van der Waals surface area contributed by atoms with Gasteiger partial charge in [0.15, 0.2) is 0 Å². The number of primary amides is 1. The van der Waals surface area contributed by atoms with Gasteiger partial charge < -0.3 is 25.5 Å². The number of benzene rings is 1. The van der Waals surface area contributed by atoms with E-state index in [1.54, 1.807) is 11.6 Å². The molecule has 34 heavy (non-hydrogen) atoms. The van der Waals surface area contributed by atoms with Crippen LogP contribution in [-0.2, 0) is 26.8 Å². The third kappa shape index (κ3) is 4.30. The summed E-state index contributed by atoms with van der Waals surface area (Å²) in [7, 11) is 1.67. The fraction of sp³-hybridized carbons (Fsp3) is 0.560. The lowest BCUT2D eigenvalue weighted by molar-refractivity contribution is -0.137. The van der Waals surface area contributed by atoms with Crippen LogP contribution in [0.3, 0.4) is 0 Å². The van der Waals surface area contributed by atoms with Gasteiger partial charge in [-0.2, -0.15) is 0 Å². The zero-order valence-corrected chi connectivity index (χ0v) is 19.7. The van der Waals surface area contributed by atoms with Crippen LogP contribution in [0.1, 0.15) is 48.2 Å². The number of hydrogen-bond donors (Lipinski definition) is 3. The van der Waals surface area contributed by atoms with Crippen molar-refractivity contribution < 1.29 is 24.2 Å². The molecule has 2 atom stereocenters. The number of nitrogens with two attached hydrogens (primary N) is 1. The Morgan fingerprint density at radius 3 is 2.65 bits per heavy atom. The topological polar surface area (TPSA) is 127 Å². The zero-order valence-electron chi connectivity index (χ0n) is 19.7. The molecule has 0 unspecified atom stereocenters. The Labute approximate surface area is 199 Å². The number of nitrogens with zero attached hydrogens (tertiary/aromatic N) is 2. The molecule has 0 spiro atoms. The number of para-hydroxylation sites is 1. The first kappa shape index (κ1) is 24.2. The van der Waals surface area contributed by atoms with Gasteiger partial charge in [0, 0.05) is 43.1 Å². The van der Waals surface area contributed by atoms with E-state index in [1.165, 1.54) is 0 Å². The molecule has 1 aromatic carbocycles. The first-order valence-electron chi connectivity index (χ1n) is 12.1. The van der Waals surface area contributed by atoms with Gasteiger partial charge in [-0.1, -0.05) is 31.0 Å². The highest BCUT2D eigenvalue weighted by Gasteiger charge is 2.53. The molecule has 0 radical (unpaired) electrons. The summed E-state index contributed by atoms with van der Waals surface area (Å²) in [6.07, 6.45) is 3.11. The molecule has 1 aromatic heterocycles. The number of carboxylic acids is 1. The Bertz CT molecular complexity index is 1070. The number of carbonyl (C=O) groups excluding carboxylic acids is 2. The second-order valence-corrected chi connectivity index (χ2v) is 9.34. The minimum absolute atomic E-state index is 0.0204. The Kier molecular flexibility index (Phi) is 7.23. The van der Waals surface area contributed by atoms with Crippen molar-refractivity contribution in [3.05, 3.63) is 35.5 Å². The number of hydrogen-bond acceptors (Lipinski definition) is 5. The van der Waals surface area contributed by atoms with E-state index < -0.39 is 23.2 Å². The van der Waals surface area contributed by atoms with Gasteiger partial charge in [-0.15, -0.1) is 0 Å². The van der Waals surface area contributed by atoms with Crippen molar-refractivity contribution in [2.24, 2.45) is 18.7 Å². The maximum absolute atomic E-state index is 13.5. The van der Waals surface area contributed by atoms with Crippen molar-refractivity contribution in [3.63, 3.8) is 0 Å². The molecule has 4 rings (SSSR count). The monoisotopic (exact) mass is 470 g/mol. The molecule has 1 saturated carbocycles. The Hall–Kier alpha value is -2.91. The quantitative estimate of drug-likeness (QED) is 0.503. The number of fused-ring (bicyclic) bond motifs is 1. The van der Waals surface area contributed by atoms with Crippen LogP contribution < -0.4 is 11.1 Å². The predicted octanol–water partition coefficient (Wildman–Crippen LogP) is 1.63. The zero-order chi connectivity index (χ0) is 24.3. The molecule has 9 heteroatoms. The van der Waals surface area contributed by atoms with Crippen LogP contribution in [0.5, 0.6) is 0 Å². The summed E-state index contributed by atoms with van der Waals surface area (Å²) in [5, 5.41) is 13.8. The van der Waals surface area contributed by atoms with Crippen molar-refractivity contribution in [1.82, 2.24) is 14.8 Å². The summed E-state index contributed by atoms with van der Waals surface area (Å²) in [4.78, 5) is 41.3. The average Bonchev–Trinajstić information content (AvgIpc) is 3.15. The number of morpholine rings is 1. The van der Waals surface area contributed by atoms with Crippen LogP contribution in [0.2, 0.25) is 0 Å². The second kappa shape index (κ2) is 10.1. The second-order valence-electron chi connectivity index (χ2n) is 9.34. The number of carbonyl (C=O) groups is 3. The molecule has 9 nitrogen and oxygen atoms in total. The lowest BCUT2D eigenvalue weighted by atomic mass is 9.60. The number of aryl methyl sites for hydroxylation is 1. The van der Waals surface area contributed by atoms with Crippen LogP contribution >= 0.6 is 0 Å². The standard InChI is InChI=1S/C25H34N4O5/c1-28-19-9-3-2-7-17(19)20(21(28)23(31)32)25(24(26)33)10-5-4-8-18(25)22(30)27-11-6-12-29-13-15-34-16-14-29/h2-3,7,9,18H,4-6,8,10-16H2,1H3,(H2,26,33)(H,27,30)(H,31,32)/t18-,25-/m0/s1. The molecule has 4 N–H and O–H groups in total. The number of rotatable bonds is 8. The van der Waals surface area contributed by atoms with E-state index in [0.717, 1.165) is 45.7 Å². The molecule has 2 aliphatic rings. The molecule has 1 saturated heterocycles. The number of nitrogens with one attached hydrogen (secondary N) is 1. The largest absolute Gasteiger partial charge is 0.477 e. The number of aromatic nitrogens is 1. The van der Waals surface area contributed by atoms with Crippen LogP contribution in [-0.4, -0.2) is 71.7 Å². The lowest BCUT2D eigenvalue weighted by Crippen LogP contribution is -2.55. The highest BCUT2D eigenvalue weighted by molar-refractivity contribution is 6.05. The summed E-state index contributed by atoms with van der Waals surface area (Å²) < 4.78 is 6.96. The van der Waals surface area contributed by atoms with Crippen LogP contribution in [0.15, 0.2) is 24.3 Å². The van der Waals surface area contributed by atoms with Gasteiger partial charge in [0.2, 0.25) is 11.8 Å². The van der Waals surface area contributed by atoms with Crippen molar-refractivity contribution in [3.8, 4) is 0 Å². The highest BCUT2D eigenvalue weighted by Crippen LogP contribution is 2.48. The van der Waals surface area contributed by atoms with Gasteiger partial charge in [-0.05, 0) is 31.9 Å². The molecule has 184 valence electrons. The third-order valence-corrected chi connectivity index (χ3v) is 7.47. The van der Waals surface area contributed by atoms with E-state index >= 15 is 0 Å². The molecular formula is C25H34N4O5. The van der Waals surface area contributed by atoms with E-state index in [0.29, 0.717) is 42.3 Å². The first-order chi connectivity index (χ1) is 16.4. The predicted molar refractivity (Wildman–Crippen MR) is 128 cm³/mol. The number of carboxylic acid groups (broad SMARTS) is 1. The summed E-state index contributed by atoms with van der Waals surface area (Å²) in [5.74, 6) is -2.72. The first-order valence-corrected chi connectivity index (χ1v) is 12.1. The molecule has 2 fully saturated rings. The van der Waals surface area contributed by atoms with Crippen molar-refractivity contribution in [2.45, 2.75) is 37.5 Å². The summed E-state index contributed by atoms with van der Waals surface area (Å²) in [6, 6.07) is 7.28. The normalized spacial score (nSPS) is 23.6. The molecule has 1 aliphatic heterocycles. The van der Waals surface area contributed by atoms with E-state index in [2.05, 4.69) is 10.2 Å². The molecular weight excluding hydrogens is 436 g/mol. The maximum atomic E-state index is 13.5. The van der Waals surface area contributed by atoms with Gasteiger partial charge >= 0.3 is 5.97 Å². The van der Waals surface area contributed by atoms with Crippen LogP contribution in [0, 0.1) is 5.92 Å². The lowest BCUT2D eigenvalue weighted by Gasteiger charge is -2.41. The number of aromatic carboxylic acids is 1.